The molecule has 0 aliphatic heterocycles. The molecule has 0 aliphatic carbocycles. The number of aliphatic carboxylic acids is 1. The highest BCUT2D eigenvalue weighted by Gasteiger charge is 2.14. The van der Waals surface area contributed by atoms with Crippen LogP contribution in [0, 0.1) is 26.7 Å². The average molecular weight is 208 g/mol. The number of hydrogen-bond donors (Lipinski definition) is 1. The van der Waals surface area contributed by atoms with Crippen LogP contribution < -0.4 is 0 Å². The SMILES string of the molecule is Cc1nc(CC(C)C(=O)O)nc(C)c1C. The third kappa shape index (κ3) is 2.75. The van der Waals surface area contributed by atoms with Gasteiger partial charge in [0, 0.05) is 17.8 Å². The summed E-state index contributed by atoms with van der Waals surface area (Å²) in [7, 11) is 0. The molecular weight excluding hydrogens is 192 g/mol. The molecule has 82 valence electrons. The molecule has 0 fully saturated rings. The van der Waals surface area contributed by atoms with Gasteiger partial charge in [0.25, 0.3) is 0 Å². The molecule has 15 heavy (non-hydrogen) atoms. The van der Waals surface area contributed by atoms with Gasteiger partial charge in [-0.05, 0) is 26.3 Å². The molecule has 1 unspecified atom stereocenters. The Morgan fingerprint density at radius 2 is 1.73 bits per heavy atom. The quantitative estimate of drug-likeness (QED) is 0.820. The molecule has 1 aromatic rings. The Bertz CT molecular complexity index is 365. The maximum absolute atomic E-state index is 10.7. The van der Waals surface area contributed by atoms with Crippen molar-refractivity contribution in [3.8, 4) is 0 Å². The molecule has 1 atom stereocenters. The van der Waals surface area contributed by atoms with Crippen LogP contribution in [0.3, 0.4) is 0 Å². The highest BCUT2D eigenvalue weighted by Crippen LogP contribution is 2.11. The summed E-state index contributed by atoms with van der Waals surface area (Å²) in [6, 6.07) is 0. The van der Waals surface area contributed by atoms with E-state index in [0.29, 0.717) is 12.2 Å². The van der Waals surface area contributed by atoms with Crippen molar-refractivity contribution in [3.63, 3.8) is 0 Å². The Kier molecular flexibility index (Phi) is 3.39. The topological polar surface area (TPSA) is 63.1 Å². The second-order valence-electron chi connectivity index (χ2n) is 3.88. The van der Waals surface area contributed by atoms with Gasteiger partial charge in [0.15, 0.2) is 0 Å². The van der Waals surface area contributed by atoms with Crippen molar-refractivity contribution in [2.45, 2.75) is 34.1 Å². The minimum Gasteiger partial charge on any atom is -0.481 e. The molecule has 0 spiro atoms. The normalized spacial score (nSPS) is 12.5. The van der Waals surface area contributed by atoms with Crippen molar-refractivity contribution in [3.05, 3.63) is 22.8 Å². The summed E-state index contributed by atoms with van der Waals surface area (Å²) in [5, 5.41) is 8.78. The zero-order valence-corrected chi connectivity index (χ0v) is 9.53. The van der Waals surface area contributed by atoms with Crippen LogP contribution in [0.4, 0.5) is 0 Å². The molecule has 0 aromatic carbocycles. The molecular formula is C11H16N2O2. The van der Waals surface area contributed by atoms with E-state index in [9.17, 15) is 4.79 Å². The summed E-state index contributed by atoms with van der Waals surface area (Å²) in [5.74, 6) is -0.633. The molecule has 1 N–H and O–H groups in total. The number of aryl methyl sites for hydroxylation is 2. The second kappa shape index (κ2) is 4.38. The van der Waals surface area contributed by atoms with Crippen molar-refractivity contribution in [2.24, 2.45) is 5.92 Å². The second-order valence-corrected chi connectivity index (χ2v) is 3.88. The standard InChI is InChI=1S/C11H16N2O2/c1-6(11(14)15)5-10-12-8(3)7(2)9(4)13-10/h6H,5H2,1-4H3,(H,14,15). The fourth-order valence-electron chi connectivity index (χ4n) is 1.29. The maximum Gasteiger partial charge on any atom is 0.306 e. The van der Waals surface area contributed by atoms with Crippen LogP contribution in [0.2, 0.25) is 0 Å². The summed E-state index contributed by atoms with van der Waals surface area (Å²) in [6.07, 6.45) is 0.386. The van der Waals surface area contributed by atoms with Crippen molar-refractivity contribution >= 4 is 5.97 Å². The van der Waals surface area contributed by atoms with Crippen LogP contribution in [0.25, 0.3) is 0 Å². The van der Waals surface area contributed by atoms with Crippen molar-refractivity contribution in [2.75, 3.05) is 0 Å². The third-order valence-corrected chi connectivity index (χ3v) is 2.59. The fourth-order valence-corrected chi connectivity index (χ4v) is 1.29. The largest absolute Gasteiger partial charge is 0.481 e. The lowest BCUT2D eigenvalue weighted by molar-refractivity contribution is -0.141. The first-order valence-electron chi connectivity index (χ1n) is 4.95. The lowest BCUT2D eigenvalue weighted by Gasteiger charge is -2.09. The number of nitrogens with zero attached hydrogens (tertiary/aromatic N) is 2. The third-order valence-electron chi connectivity index (χ3n) is 2.59. The van der Waals surface area contributed by atoms with Crippen LogP contribution in [0.5, 0.6) is 0 Å². The van der Waals surface area contributed by atoms with E-state index < -0.39 is 11.9 Å². The van der Waals surface area contributed by atoms with Gasteiger partial charge in [0.2, 0.25) is 0 Å². The van der Waals surface area contributed by atoms with Gasteiger partial charge in [-0.1, -0.05) is 6.92 Å². The highest BCUT2D eigenvalue weighted by molar-refractivity contribution is 5.69. The van der Waals surface area contributed by atoms with E-state index >= 15 is 0 Å². The van der Waals surface area contributed by atoms with Gasteiger partial charge in [-0.15, -0.1) is 0 Å². The minimum atomic E-state index is -0.811. The molecule has 4 nitrogen and oxygen atoms in total. The fraction of sp³-hybridized carbons (Fsp3) is 0.545. The Labute approximate surface area is 89.4 Å². The lowest BCUT2D eigenvalue weighted by atomic mass is 10.1. The number of carbonyl (C=O) groups is 1. The van der Waals surface area contributed by atoms with Crippen LogP contribution in [0.15, 0.2) is 0 Å². The monoisotopic (exact) mass is 208 g/mol. The van der Waals surface area contributed by atoms with Crippen molar-refractivity contribution in [1.82, 2.24) is 9.97 Å². The van der Waals surface area contributed by atoms with Gasteiger partial charge in [0.1, 0.15) is 5.82 Å². The Hall–Kier alpha value is -1.45. The first-order valence-corrected chi connectivity index (χ1v) is 4.95. The molecule has 0 saturated carbocycles. The molecule has 0 saturated heterocycles. The van der Waals surface area contributed by atoms with Gasteiger partial charge < -0.3 is 5.11 Å². The number of rotatable bonds is 3. The summed E-state index contributed by atoms with van der Waals surface area (Å²) < 4.78 is 0. The van der Waals surface area contributed by atoms with E-state index in [-0.39, 0.29) is 0 Å². The number of carboxylic acids is 1. The Morgan fingerprint density at radius 1 is 1.27 bits per heavy atom. The molecule has 0 radical (unpaired) electrons. The van der Waals surface area contributed by atoms with Gasteiger partial charge >= 0.3 is 5.97 Å². The molecule has 1 heterocycles. The summed E-state index contributed by atoms with van der Waals surface area (Å²) in [6.45, 7) is 7.46. The molecule has 4 heteroatoms. The van der Waals surface area contributed by atoms with Crippen LogP contribution in [-0.2, 0) is 11.2 Å². The first-order chi connectivity index (χ1) is 6.91. The summed E-state index contributed by atoms with van der Waals surface area (Å²) >= 11 is 0. The van der Waals surface area contributed by atoms with Crippen LogP contribution in [0.1, 0.15) is 29.7 Å². The van der Waals surface area contributed by atoms with Crippen LogP contribution in [-0.4, -0.2) is 21.0 Å². The van der Waals surface area contributed by atoms with Crippen LogP contribution >= 0.6 is 0 Å². The number of carboxylic acid groups (broad SMARTS) is 1. The minimum absolute atomic E-state index is 0.386. The summed E-state index contributed by atoms with van der Waals surface area (Å²) in [5.41, 5.74) is 2.92. The predicted molar refractivity (Wildman–Crippen MR) is 56.7 cm³/mol. The molecule has 0 bridgehead atoms. The molecule has 0 aliphatic rings. The highest BCUT2D eigenvalue weighted by atomic mass is 16.4. The van der Waals surface area contributed by atoms with E-state index in [4.69, 9.17) is 5.11 Å². The van der Waals surface area contributed by atoms with E-state index in [1.54, 1.807) is 6.92 Å². The molecule has 1 aromatic heterocycles. The van der Waals surface area contributed by atoms with E-state index in [2.05, 4.69) is 9.97 Å². The Morgan fingerprint density at radius 3 is 2.13 bits per heavy atom. The first kappa shape index (κ1) is 11.6. The van der Waals surface area contributed by atoms with Gasteiger partial charge in [-0.3, -0.25) is 4.79 Å². The molecule has 1 rings (SSSR count). The van der Waals surface area contributed by atoms with Gasteiger partial charge in [-0.2, -0.15) is 0 Å². The molecule has 0 amide bonds. The van der Waals surface area contributed by atoms with Crippen molar-refractivity contribution in [1.29, 1.82) is 0 Å². The van der Waals surface area contributed by atoms with Crippen molar-refractivity contribution < 1.29 is 9.90 Å². The number of aromatic nitrogens is 2. The van der Waals surface area contributed by atoms with E-state index in [1.165, 1.54) is 0 Å². The zero-order chi connectivity index (χ0) is 11.6. The lowest BCUT2D eigenvalue weighted by Crippen LogP contribution is -2.15. The predicted octanol–water partition coefficient (Wildman–Crippen LogP) is 1.67. The smallest absolute Gasteiger partial charge is 0.306 e. The van der Waals surface area contributed by atoms with Gasteiger partial charge in [-0.25, -0.2) is 9.97 Å². The zero-order valence-electron chi connectivity index (χ0n) is 9.53. The van der Waals surface area contributed by atoms with E-state index in [1.807, 2.05) is 20.8 Å². The maximum atomic E-state index is 10.7. The van der Waals surface area contributed by atoms with E-state index in [0.717, 1.165) is 17.0 Å². The number of hydrogen-bond acceptors (Lipinski definition) is 3. The summed E-state index contributed by atoms with van der Waals surface area (Å²) in [4.78, 5) is 19.2. The van der Waals surface area contributed by atoms with Gasteiger partial charge in [0.05, 0.1) is 5.92 Å². The Balaban J connectivity index is 2.92. The average Bonchev–Trinajstić information content (AvgIpc) is 2.13.